The summed E-state index contributed by atoms with van der Waals surface area (Å²) >= 11 is 1.35. The molecule has 9 nitrogen and oxygen atoms in total. The maximum absolute atomic E-state index is 12.1. The average Bonchev–Trinajstić information content (AvgIpc) is 3.52. The number of ether oxygens (including phenoxy) is 1. The molecule has 1 aliphatic carbocycles. The monoisotopic (exact) mass is 473 g/mol. The molecule has 4 aromatic rings. The molecule has 1 aliphatic rings. The third kappa shape index (κ3) is 4.72. The summed E-state index contributed by atoms with van der Waals surface area (Å²) in [5.74, 6) is 1.26. The highest BCUT2D eigenvalue weighted by molar-refractivity contribution is 7.19. The number of nitrogens with zero attached hydrogens (tertiary/aromatic N) is 5. The number of aryl methyl sites for hydroxylation is 2. The molecule has 0 saturated heterocycles. The van der Waals surface area contributed by atoms with Crippen molar-refractivity contribution < 1.29 is 9.53 Å². The highest BCUT2D eigenvalue weighted by Crippen LogP contribution is 2.35. The standard InChI is InChI=1S/C24H23N7O2S/c1-13-8-16(33-3)9-14(2)21(13)18-10-17(29-22(30-18)19-11-25-6-7-26-19)20-12-27-24(34-20)31-23(32)28-15-4-5-15/h6-12,15H,4-5H2,1-3H3,(H2,27,28,31,32). The number of carbonyl (C=O) groups is 1. The lowest BCUT2D eigenvalue weighted by Gasteiger charge is -2.13. The Morgan fingerprint density at radius 2 is 1.76 bits per heavy atom. The summed E-state index contributed by atoms with van der Waals surface area (Å²) in [6.45, 7) is 4.06. The molecule has 10 heteroatoms. The molecule has 1 aromatic carbocycles. The van der Waals surface area contributed by atoms with Gasteiger partial charge in [0.25, 0.3) is 0 Å². The minimum atomic E-state index is -0.239. The van der Waals surface area contributed by atoms with Crippen LogP contribution in [0.4, 0.5) is 9.93 Å². The minimum absolute atomic E-state index is 0.239. The van der Waals surface area contributed by atoms with Crippen molar-refractivity contribution in [2.45, 2.75) is 32.7 Å². The summed E-state index contributed by atoms with van der Waals surface area (Å²) < 4.78 is 5.42. The Morgan fingerprint density at radius 1 is 1.00 bits per heavy atom. The Balaban J connectivity index is 1.56. The van der Waals surface area contributed by atoms with Gasteiger partial charge in [0.2, 0.25) is 0 Å². The topological polar surface area (TPSA) is 115 Å². The smallest absolute Gasteiger partial charge is 0.321 e. The predicted molar refractivity (Wildman–Crippen MR) is 131 cm³/mol. The zero-order valence-corrected chi connectivity index (χ0v) is 19.8. The Hall–Kier alpha value is -3.92. The summed E-state index contributed by atoms with van der Waals surface area (Å²) in [6.07, 6.45) is 8.61. The van der Waals surface area contributed by atoms with Gasteiger partial charge in [-0.3, -0.25) is 10.3 Å². The molecule has 0 aliphatic heterocycles. The van der Waals surface area contributed by atoms with Crippen LogP contribution in [0.3, 0.4) is 0 Å². The summed E-state index contributed by atoms with van der Waals surface area (Å²) in [7, 11) is 1.66. The van der Waals surface area contributed by atoms with Crippen molar-refractivity contribution in [2.75, 3.05) is 12.4 Å². The highest BCUT2D eigenvalue weighted by Gasteiger charge is 2.23. The summed E-state index contributed by atoms with van der Waals surface area (Å²) in [5.41, 5.74) is 5.10. The van der Waals surface area contributed by atoms with Gasteiger partial charge in [-0.05, 0) is 56.0 Å². The van der Waals surface area contributed by atoms with Crippen molar-refractivity contribution in [1.82, 2.24) is 30.2 Å². The molecule has 0 bridgehead atoms. The molecule has 3 heterocycles. The summed E-state index contributed by atoms with van der Waals surface area (Å²) in [4.78, 5) is 35.4. The molecule has 172 valence electrons. The van der Waals surface area contributed by atoms with Crippen LogP contribution in [0.2, 0.25) is 0 Å². The van der Waals surface area contributed by atoms with Gasteiger partial charge in [0.15, 0.2) is 11.0 Å². The number of hydrogen-bond donors (Lipinski definition) is 2. The fourth-order valence-electron chi connectivity index (χ4n) is 3.67. The number of carbonyl (C=O) groups excluding carboxylic acids is 1. The molecular weight excluding hydrogens is 450 g/mol. The van der Waals surface area contributed by atoms with Gasteiger partial charge in [-0.25, -0.2) is 24.7 Å². The Bertz CT molecular complexity index is 1330. The maximum atomic E-state index is 12.1. The second kappa shape index (κ2) is 9.14. The molecule has 0 spiro atoms. The first-order valence-corrected chi connectivity index (χ1v) is 11.7. The van der Waals surface area contributed by atoms with E-state index in [0.29, 0.717) is 22.3 Å². The number of rotatable bonds is 6. The Kier molecular flexibility index (Phi) is 5.89. The van der Waals surface area contributed by atoms with E-state index in [2.05, 4.69) is 25.6 Å². The van der Waals surface area contributed by atoms with E-state index in [9.17, 15) is 4.79 Å². The second-order valence-electron chi connectivity index (χ2n) is 8.09. The van der Waals surface area contributed by atoms with Gasteiger partial charge >= 0.3 is 6.03 Å². The van der Waals surface area contributed by atoms with Crippen molar-refractivity contribution in [1.29, 1.82) is 0 Å². The van der Waals surface area contributed by atoms with E-state index in [1.165, 1.54) is 11.3 Å². The average molecular weight is 474 g/mol. The third-order valence-electron chi connectivity index (χ3n) is 5.41. The fourth-order valence-corrected chi connectivity index (χ4v) is 4.44. The maximum Gasteiger partial charge on any atom is 0.321 e. The summed E-state index contributed by atoms with van der Waals surface area (Å²) in [6, 6.07) is 5.94. The van der Waals surface area contributed by atoms with E-state index in [1.807, 2.05) is 32.0 Å². The van der Waals surface area contributed by atoms with Crippen LogP contribution in [0.1, 0.15) is 24.0 Å². The third-order valence-corrected chi connectivity index (χ3v) is 6.34. The molecule has 5 rings (SSSR count). The SMILES string of the molecule is COc1cc(C)c(-c2cc(-c3cnc(NC(=O)NC4CC4)s3)nc(-c3cnccn3)n2)c(C)c1. The predicted octanol–water partition coefficient (Wildman–Crippen LogP) is 4.63. The van der Waals surface area contributed by atoms with Gasteiger partial charge in [0.05, 0.1) is 29.6 Å². The molecule has 0 unspecified atom stereocenters. The first-order valence-electron chi connectivity index (χ1n) is 10.8. The number of anilines is 1. The van der Waals surface area contributed by atoms with Crippen LogP contribution >= 0.6 is 11.3 Å². The highest BCUT2D eigenvalue weighted by atomic mass is 32.1. The van der Waals surface area contributed by atoms with E-state index in [0.717, 1.165) is 45.9 Å². The molecule has 1 saturated carbocycles. The Labute approximate surface area is 200 Å². The van der Waals surface area contributed by atoms with Crippen LogP contribution in [-0.2, 0) is 0 Å². The number of methoxy groups -OCH3 is 1. The molecule has 2 N–H and O–H groups in total. The number of benzene rings is 1. The number of nitrogens with one attached hydrogen (secondary N) is 2. The normalized spacial score (nSPS) is 12.9. The molecule has 0 radical (unpaired) electrons. The van der Waals surface area contributed by atoms with Crippen molar-refractivity contribution in [3.05, 3.63) is 54.1 Å². The van der Waals surface area contributed by atoms with E-state index in [1.54, 1.807) is 31.9 Å². The zero-order valence-electron chi connectivity index (χ0n) is 19.0. The number of hydrogen-bond acceptors (Lipinski definition) is 8. The summed E-state index contributed by atoms with van der Waals surface area (Å²) in [5, 5.41) is 6.21. The van der Waals surface area contributed by atoms with Gasteiger partial charge in [-0.15, -0.1) is 0 Å². The van der Waals surface area contributed by atoms with Gasteiger partial charge in [0, 0.05) is 30.2 Å². The lowest BCUT2D eigenvalue weighted by Crippen LogP contribution is -2.30. The molecule has 0 atom stereocenters. The molecule has 34 heavy (non-hydrogen) atoms. The Morgan fingerprint density at radius 3 is 2.44 bits per heavy atom. The number of urea groups is 1. The fraction of sp³-hybridized carbons (Fsp3) is 0.250. The number of amides is 2. The second-order valence-corrected chi connectivity index (χ2v) is 9.12. The zero-order chi connectivity index (χ0) is 23.7. The van der Waals surface area contributed by atoms with E-state index < -0.39 is 0 Å². The molecule has 3 aromatic heterocycles. The van der Waals surface area contributed by atoms with Gasteiger partial charge < -0.3 is 10.1 Å². The van der Waals surface area contributed by atoms with E-state index in [-0.39, 0.29) is 12.1 Å². The van der Waals surface area contributed by atoms with E-state index >= 15 is 0 Å². The van der Waals surface area contributed by atoms with Crippen molar-refractivity contribution in [2.24, 2.45) is 0 Å². The molecular formula is C24H23N7O2S. The quantitative estimate of drug-likeness (QED) is 0.419. The van der Waals surface area contributed by atoms with Crippen LogP contribution < -0.4 is 15.4 Å². The van der Waals surface area contributed by atoms with Gasteiger partial charge in [0.1, 0.15) is 11.4 Å². The van der Waals surface area contributed by atoms with Crippen LogP contribution in [-0.4, -0.2) is 44.1 Å². The first-order chi connectivity index (χ1) is 16.5. The lowest BCUT2D eigenvalue weighted by molar-refractivity contribution is 0.251. The first kappa shape index (κ1) is 21.9. The molecule has 1 fully saturated rings. The van der Waals surface area contributed by atoms with E-state index in [4.69, 9.17) is 14.7 Å². The van der Waals surface area contributed by atoms with Crippen molar-refractivity contribution >= 4 is 22.5 Å². The molecule has 2 amide bonds. The van der Waals surface area contributed by atoms with Gasteiger partial charge in [-0.1, -0.05) is 11.3 Å². The van der Waals surface area contributed by atoms with Crippen LogP contribution in [0.5, 0.6) is 5.75 Å². The lowest BCUT2D eigenvalue weighted by atomic mass is 9.98. The van der Waals surface area contributed by atoms with Crippen LogP contribution in [0.15, 0.2) is 43.0 Å². The van der Waals surface area contributed by atoms with Crippen molar-refractivity contribution in [3.8, 4) is 39.1 Å². The van der Waals surface area contributed by atoms with Crippen molar-refractivity contribution in [3.63, 3.8) is 0 Å². The van der Waals surface area contributed by atoms with Crippen LogP contribution in [0, 0.1) is 13.8 Å². The van der Waals surface area contributed by atoms with Gasteiger partial charge in [-0.2, -0.15) is 0 Å². The largest absolute Gasteiger partial charge is 0.497 e. The number of thiazole rings is 1. The number of aromatic nitrogens is 5. The van der Waals surface area contributed by atoms with Crippen LogP contribution in [0.25, 0.3) is 33.3 Å². The minimum Gasteiger partial charge on any atom is -0.497 e.